The highest BCUT2D eigenvalue weighted by atomic mass is 31.3. The lowest BCUT2D eigenvalue weighted by atomic mass is 10.1. The van der Waals surface area contributed by atoms with E-state index in [1.54, 1.807) is 35.4 Å². The summed E-state index contributed by atoms with van der Waals surface area (Å²) in [5.74, 6) is 5.33. The molecule has 4 unspecified atom stereocenters. The summed E-state index contributed by atoms with van der Waals surface area (Å²) in [5.41, 5.74) is -0.696. The van der Waals surface area contributed by atoms with E-state index in [-0.39, 0.29) is 11.3 Å². The monoisotopic (exact) mass is 670 g/mol. The van der Waals surface area contributed by atoms with Crippen LogP contribution in [-0.4, -0.2) is 44.7 Å². The van der Waals surface area contributed by atoms with E-state index in [2.05, 4.69) is 25.0 Å². The summed E-state index contributed by atoms with van der Waals surface area (Å²) in [6.45, 7) is 0.709. The molecule has 44 heavy (non-hydrogen) atoms. The van der Waals surface area contributed by atoms with E-state index in [0.29, 0.717) is 10.1 Å². The van der Waals surface area contributed by atoms with Crippen LogP contribution in [0.5, 0.6) is 0 Å². The highest BCUT2D eigenvalue weighted by Gasteiger charge is 2.45. The molecule has 0 bridgehead atoms. The smallest absolute Gasteiger partial charge is 0.330 e. The Morgan fingerprint density at radius 3 is 2.27 bits per heavy atom. The second kappa shape index (κ2) is 13.4. The van der Waals surface area contributed by atoms with Crippen molar-refractivity contribution in [3.8, 4) is 11.8 Å². The van der Waals surface area contributed by atoms with Crippen molar-refractivity contribution in [2.75, 3.05) is 11.7 Å². The Labute approximate surface area is 248 Å². The third kappa shape index (κ3) is 8.93. The number of aromatic nitrogens is 2. The predicted octanol–water partition coefficient (Wildman–Crippen LogP) is -0.569. The number of H-pyrrole nitrogens is 1. The minimum atomic E-state index is -6.10. The number of aryl methyl sites for hydroxylation is 1. The van der Waals surface area contributed by atoms with Crippen molar-refractivity contribution in [1.29, 1.82) is 0 Å². The predicted molar refractivity (Wildman–Crippen MR) is 145 cm³/mol. The van der Waals surface area contributed by atoms with Gasteiger partial charge in [-0.3, -0.25) is 32.4 Å². The number of ether oxygens (including phenoxy) is 1. The van der Waals surface area contributed by atoms with E-state index in [9.17, 15) is 48.2 Å². The van der Waals surface area contributed by atoms with Gasteiger partial charge in [0.15, 0.2) is 6.23 Å². The molecule has 1 aliphatic rings. The summed E-state index contributed by atoms with van der Waals surface area (Å²) in [5, 5.41) is 22.6. The summed E-state index contributed by atoms with van der Waals surface area (Å²) in [4.78, 5) is 62.8. The number of aliphatic hydroxyl groups is 2. The standard InChI is InChI=1S/C24H26N3O14P3/c1-15-7-9-16(10-8-15)11-12-17-13-27(24(31)25-22(17)30)23-21(29)20(28)19(39-23)14-38-43(34,35)41-44(36,37)40-42(32,33)26-18-5-3-2-4-6-18/h2-10,13,19-21,23,28-29H,14H2,1H3,(H,34,35)(H,36,37)(H,25,30,31)(H2,26,32,33)/p-3/t19-,20+,21?,23-/m1/s1. The van der Waals surface area contributed by atoms with Crippen LogP contribution in [0.2, 0.25) is 0 Å². The number of rotatable bonds is 10. The van der Waals surface area contributed by atoms with Crippen LogP contribution in [0.3, 0.4) is 0 Å². The summed E-state index contributed by atoms with van der Waals surface area (Å²) >= 11 is 0. The molecule has 20 heteroatoms. The highest BCUT2D eigenvalue weighted by molar-refractivity contribution is 7.67. The van der Waals surface area contributed by atoms with Crippen molar-refractivity contribution in [2.45, 2.75) is 31.5 Å². The van der Waals surface area contributed by atoms with Crippen molar-refractivity contribution in [2.24, 2.45) is 0 Å². The highest BCUT2D eigenvalue weighted by Crippen LogP contribution is 2.62. The number of hydrogen-bond acceptors (Lipinski definition) is 14. The minimum absolute atomic E-state index is 0.0973. The van der Waals surface area contributed by atoms with Crippen LogP contribution in [0, 0.1) is 18.8 Å². The van der Waals surface area contributed by atoms with E-state index in [1.807, 2.05) is 11.9 Å². The summed E-state index contributed by atoms with van der Waals surface area (Å²) in [6, 6.07) is 13.9. The van der Waals surface area contributed by atoms with Gasteiger partial charge in [0.05, 0.1) is 6.61 Å². The topological polar surface area (TPSA) is 265 Å². The number of hydrogen-bond donors (Lipinski definition) is 4. The van der Waals surface area contributed by atoms with Gasteiger partial charge >= 0.3 is 5.69 Å². The molecular formula is C24H23N3O14P3-3. The molecule has 1 aromatic heterocycles. The first kappa shape index (κ1) is 33.7. The van der Waals surface area contributed by atoms with Gasteiger partial charge in [-0.1, -0.05) is 47.7 Å². The molecule has 1 fully saturated rings. The molecule has 3 aromatic rings. The molecule has 236 valence electrons. The average Bonchev–Trinajstić information content (AvgIpc) is 3.20. The second-order valence-corrected chi connectivity index (χ2v) is 13.8. The lowest BCUT2D eigenvalue weighted by molar-refractivity contribution is -0.245. The molecule has 4 N–H and O–H groups in total. The Morgan fingerprint density at radius 2 is 1.61 bits per heavy atom. The molecule has 0 radical (unpaired) electrons. The van der Waals surface area contributed by atoms with Crippen LogP contribution >= 0.6 is 23.4 Å². The van der Waals surface area contributed by atoms with Gasteiger partial charge in [0, 0.05) is 17.4 Å². The molecule has 0 spiro atoms. The van der Waals surface area contributed by atoms with Gasteiger partial charge in [-0.15, -0.1) is 0 Å². The molecule has 17 nitrogen and oxygen atoms in total. The van der Waals surface area contributed by atoms with Crippen LogP contribution in [0.25, 0.3) is 0 Å². The third-order valence-electron chi connectivity index (χ3n) is 5.82. The number of nitrogens with one attached hydrogen (secondary N) is 2. The Kier molecular flexibility index (Phi) is 10.3. The molecule has 4 rings (SSSR count). The van der Waals surface area contributed by atoms with Crippen LogP contribution in [0.15, 0.2) is 70.4 Å². The first-order valence-electron chi connectivity index (χ1n) is 12.3. The lowest BCUT2D eigenvalue weighted by Crippen LogP contribution is -2.38. The van der Waals surface area contributed by atoms with Crippen molar-refractivity contribution < 1.29 is 56.5 Å². The number of aromatic amines is 1. The molecule has 1 saturated heterocycles. The van der Waals surface area contributed by atoms with Crippen molar-refractivity contribution >= 4 is 29.1 Å². The van der Waals surface area contributed by atoms with Gasteiger partial charge in [-0.25, -0.2) is 9.11 Å². The second-order valence-electron chi connectivity index (χ2n) is 9.20. The van der Waals surface area contributed by atoms with Gasteiger partial charge in [0.25, 0.3) is 21.2 Å². The van der Waals surface area contributed by atoms with Gasteiger partial charge in [-0.05, 0) is 31.2 Å². The van der Waals surface area contributed by atoms with Crippen LogP contribution in [0.4, 0.5) is 5.69 Å². The molecule has 1 aliphatic heterocycles. The molecule has 0 amide bonds. The van der Waals surface area contributed by atoms with E-state index in [4.69, 9.17) is 4.74 Å². The van der Waals surface area contributed by atoms with E-state index >= 15 is 0 Å². The van der Waals surface area contributed by atoms with E-state index < -0.39 is 65.8 Å². The summed E-state index contributed by atoms with van der Waals surface area (Å²) < 4.78 is 54.2. The zero-order valence-electron chi connectivity index (χ0n) is 22.4. The number of aliphatic hydroxyl groups excluding tert-OH is 2. The van der Waals surface area contributed by atoms with Gasteiger partial charge in [-0.2, -0.15) is 0 Å². The quantitative estimate of drug-likeness (QED) is 0.155. The lowest BCUT2D eigenvalue weighted by Gasteiger charge is -2.35. The third-order valence-corrected chi connectivity index (χ3v) is 10.1. The van der Waals surface area contributed by atoms with Crippen LogP contribution in [0.1, 0.15) is 22.9 Å². The maximum Gasteiger partial charge on any atom is 0.330 e. The van der Waals surface area contributed by atoms with Crippen LogP contribution in [-0.2, 0) is 31.6 Å². The summed E-state index contributed by atoms with van der Waals surface area (Å²) in [6.07, 6.45) is -6.18. The van der Waals surface area contributed by atoms with Gasteiger partial charge in [0.2, 0.25) is 7.75 Å². The Bertz CT molecular complexity index is 1820. The molecule has 2 aromatic carbocycles. The zero-order chi connectivity index (χ0) is 32.3. The normalized spacial score (nSPS) is 23.9. The van der Waals surface area contributed by atoms with Crippen molar-refractivity contribution in [3.63, 3.8) is 0 Å². The molecule has 2 heterocycles. The Morgan fingerprint density at radius 1 is 0.955 bits per heavy atom. The minimum Gasteiger partial charge on any atom is -0.761 e. The fraction of sp³-hybridized carbons (Fsp3) is 0.250. The van der Waals surface area contributed by atoms with E-state index in [1.165, 1.54) is 24.3 Å². The number of phosphoric acid groups is 2. The largest absolute Gasteiger partial charge is 0.761 e. The number of anilines is 1. The fourth-order valence-corrected chi connectivity index (χ4v) is 7.35. The maximum atomic E-state index is 12.5. The fourth-order valence-electron chi connectivity index (χ4n) is 3.79. The molecular weight excluding hydrogens is 647 g/mol. The van der Waals surface area contributed by atoms with Gasteiger partial charge in [0.1, 0.15) is 23.9 Å². The number of phosphoric ester groups is 1. The SMILES string of the molecule is Cc1ccc(C#Cc2cn([C@@H]3O[C@H](COP(=O)([O-])OP(=O)([O-])OP(=O)([O-])Nc4ccccc4)[C@H](O)C3O)c(=O)[nH]c2=O)cc1. The molecule has 0 aliphatic carbocycles. The number of nitrogens with zero attached hydrogens (tertiary/aromatic N) is 1. The Balaban J connectivity index is 1.42. The zero-order valence-corrected chi connectivity index (χ0v) is 25.1. The first-order valence-corrected chi connectivity index (χ1v) is 16.8. The molecule has 7 atom stereocenters. The number of benzene rings is 2. The van der Waals surface area contributed by atoms with E-state index in [0.717, 1.165) is 11.8 Å². The maximum absolute atomic E-state index is 12.5. The average molecular weight is 670 g/mol. The summed E-state index contributed by atoms with van der Waals surface area (Å²) in [7, 11) is -17.4. The first-order chi connectivity index (χ1) is 20.5. The van der Waals surface area contributed by atoms with Crippen molar-refractivity contribution in [3.05, 3.63) is 98.3 Å². The van der Waals surface area contributed by atoms with Crippen molar-refractivity contribution in [1.82, 2.24) is 9.55 Å². The van der Waals surface area contributed by atoms with Crippen LogP contribution < -0.4 is 31.0 Å². The Hall–Kier alpha value is -3.19. The van der Waals surface area contributed by atoms with Gasteiger partial charge < -0.3 is 39.2 Å². The number of para-hydroxylation sites is 1. The molecule has 0 saturated carbocycles.